The van der Waals surface area contributed by atoms with Crippen molar-refractivity contribution in [2.45, 2.75) is 6.61 Å². The van der Waals surface area contributed by atoms with Crippen molar-refractivity contribution < 1.29 is 14.6 Å². The van der Waals surface area contributed by atoms with Crippen LogP contribution < -0.4 is 0 Å². The number of aliphatic hydroxyl groups is 1. The molecule has 3 aromatic rings. The highest BCUT2D eigenvalue weighted by atomic mass is 35.5. The van der Waals surface area contributed by atoms with Gasteiger partial charge >= 0.3 is 0 Å². The second kappa shape index (κ2) is 6.60. The predicted octanol–water partition coefficient (Wildman–Crippen LogP) is 4.72. The normalized spacial score (nSPS) is 10.8. The van der Waals surface area contributed by atoms with Crippen molar-refractivity contribution >= 4 is 28.9 Å². The Kier molecular flexibility index (Phi) is 4.53. The average Bonchev–Trinajstić information content (AvgIpc) is 2.98. The van der Waals surface area contributed by atoms with Crippen molar-refractivity contribution in [2.75, 3.05) is 0 Å². The lowest BCUT2D eigenvalue weighted by Gasteiger charge is -2.04. The summed E-state index contributed by atoms with van der Waals surface area (Å²) in [5.74, 6) is 0.252. The molecule has 122 valence electrons. The van der Waals surface area contributed by atoms with E-state index in [4.69, 9.17) is 27.7 Å². The Morgan fingerprint density at radius 1 is 1.21 bits per heavy atom. The van der Waals surface area contributed by atoms with Gasteiger partial charge in [-0.1, -0.05) is 40.5 Å². The Hall–Kier alpha value is -2.41. The molecule has 0 saturated carbocycles. The van der Waals surface area contributed by atoms with Gasteiger partial charge < -0.3 is 9.63 Å². The fraction of sp³-hybridized carbons (Fsp3) is 0.0625. The first-order valence-electron chi connectivity index (χ1n) is 6.81. The van der Waals surface area contributed by atoms with Crippen molar-refractivity contribution in [3.63, 3.8) is 0 Å². The fourth-order valence-corrected chi connectivity index (χ4v) is 2.83. The van der Waals surface area contributed by atoms with E-state index in [1.54, 1.807) is 24.3 Å². The van der Waals surface area contributed by atoms with Crippen LogP contribution in [0.2, 0.25) is 10.0 Å². The molecule has 0 aliphatic heterocycles. The third-order valence-electron chi connectivity index (χ3n) is 3.45. The largest absolute Gasteiger partial charge is 0.391 e. The zero-order valence-corrected chi connectivity index (χ0v) is 13.6. The second-order valence-corrected chi connectivity index (χ2v) is 5.77. The summed E-state index contributed by atoms with van der Waals surface area (Å²) in [6.45, 7) is -0.365. The van der Waals surface area contributed by atoms with Gasteiger partial charge in [0.2, 0.25) is 0 Å². The van der Waals surface area contributed by atoms with Gasteiger partial charge in [-0.2, -0.15) is 0 Å². The standard InChI is InChI=1S/C16H10Cl2N2O4/c17-10-4-5-12(14(18)7-10)15-13(8-21)16(24-19-15)9-2-1-3-11(6-9)20(22)23/h1-7,21H,8H2. The van der Waals surface area contributed by atoms with Crippen LogP contribution in [0.1, 0.15) is 5.56 Å². The number of nitro benzene ring substituents is 1. The van der Waals surface area contributed by atoms with Crippen LogP contribution in [0.4, 0.5) is 5.69 Å². The fourth-order valence-electron chi connectivity index (χ4n) is 2.34. The summed E-state index contributed by atoms with van der Waals surface area (Å²) < 4.78 is 5.32. The first-order chi connectivity index (χ1) is 11.5. The number of benzene rings is 2. The summed E-state index contributed by atoms with van der Waals surface area (Å²) >= 11 is 12.1. The van der Waals surface area contributed by atoms with Gasteiger partial charge in [-0.15, -0.1) is 0 Å². The van der Waals surface area contributed by atoms with Gasteiger partial charge in [-0.05, 0) is 18.2 Å². The zero-order valence-electron chi connectivity index (χ0n) is 12.1. The molecular weight excluding hydrogens is 355 g/mol. The predicted molar refractivity (Wildman–Crippen MR) is 90.0 cm³/mol. The number of aliphatic hydroxyl groups excluding tert-OH is 1. The summed E-state index contributed by atoms with van der Waals surface area (Å²) in [6, 6.07) is 10.8. The number of hydrogen-bond acceptors (Lipinski definition) is 5. The van der Waals surface area contributed by atoms with Crippen LogP contribution in [0.3, 0.4) is 0 Å². The highest BCUT2D eigenvalue weighted by molar-refractivity contribution is 6.36. The Labute approximate surface area is 146 Å². The quantitative estimate of drug-likeness (QED) is 0.534. The monoisotopic (exact) mass is 364 g/mol. The van der Waals surface area contributed by atoms with Gasteiger partial charge in [-0.3, -0.25) is 10.1 Å². The van der Waals surface area contributed by atoms with E-state index < -0.39 is 4.92 Å². The van der Waals surface area contributed by atoms with Crippen molar-refractivity contribution in [3.8, 4) is 22.6 Å². The number of halogens is 2. The highest BCUT2D eigenvalue weighted by Crippen LogP contribution is 2.37. The van der Waals surface area contributed by atoms with Crippen molar-refractivity contribution in [3.05, 3.63) is 68.2 Å². The summed E-state index contributed by atoms with van der Waals surface area (Å²) in [6.07, 6.45) is 0. The van der Waals surface area contributed by atoms with Crippen LogP contribution in [0.15, 0.2) is 47.0 Å². The molecule has 0 atom stereocenters. The number of nitro groups is 1. The van der Waals surface area contributed by atoms with Crippen molar-refractivity contribution in [2.24, 2.45) is 0 Å². The molecule has 8 heteroatoms. The molecule has 0 spiro atoms. The van der Waals surface area contributed by atoms with Crippen LogP contribution in [-0.2, 0) is 6.61 Å². The molecule has 2 aromatic carbocycles. The average molecular weight is 365 g/mol. The van der Waals surface area contributed by atoms with E-state index in [0.29, 0.717) is 32.4 Å². The lowest BCUT2D eigenvalue weighted by atomic mass is 10.0. The van der Waals surface area contributed by atoms with Crippen LogP contribution >= 0.6 is 23.2 Å². The van der Waals surface area contributed by atoms with Gasteiger partial charge in [0, 0.05) is 28.3 Å². The Balaban J connectivity index is 2.14. The van der Waals surface area contributed by atoms with E-state index in [1.165, 1.54) is 18.2 Å². The van der Waals surface area contributed by atoms with Crippen LogP contribution in [0.5, 0.6) is 0 Å². The molecule has 0 fully saturated rings. The first-order valence-corrected chi connectivity index (χ1v) is 7.56. The maximum absolute atomic E-state index is 10.9. The molecule has 0 aliphatic carbocycles. The third kappa shape index (κ3) is 2.99. The minimum Gasteiger partial charge on any atom is -0.391 e. The molecule has 0 saturated heterocycles. The van der Waals surface area contributed by atoms with Gasteiger partial charge in [0.15, 0.2) is 5.76 Å². The zero-order chi connectivity index (χ0) is 17.3. The van der Waals surface area contributed by atoms with E-state index in [-0.39, 0.29) is 18.1 Å². The van der Waals surface area contributed by atoms with Gasteiger partial charge in [-0.25, -0.2) is 0 Å². The minimum atomic E-state index is -0.505. The Bertz CT molecular complexity index is 924. The molecular formula is C16H10Cl2N2O4. The van der Waals surface area contributed by atoms with E-state index in [2.05, 4.69) is 5.16 Å². The van der Waals surface area contributed by atoms with E-state index >= 15 is 0 Å². The summed E-state index contributed by atoms with van der Waals surface area (Å²) in [5, 5.41) is 25.4. The molecule has 1 aromatic heterocycles. The van der Waals surface area contributed by atoms with Crippen molar-refractivity contribution in [1.29, 1.82) is 0 Å². The van der Waals surface area contributed by atoms with Gasteiger partial charge in [0.25, 0.3) is 5.69 Å². The molecule has 1 N–H and O–H groups in total. The molecule has 1 heterocycles. The number of aromatic nitrogens is 1. The smallest absolute Gasteiger partial charge is 0.270 e. The highest BCUT2D eigenvalue weighted by Gasteiger charge is 2.21. The Morgan fingerprint density at radius 2 is 2.00 bits per heavy atom. The lowest BCUT2D eigenvalue weighted by Crippen LogP contribution is -1.91. The number of nitrogens with zero attached hydrogens (tertiary/aromatic N) is 2. The second-order valence-electron chi connectivity index (χ2n) is 4.93. The third-order valence-corrected chi connectivity index (χ3v) is 4.00. The summed E-state index contributed by atoms with van der Waals surface area (Å²) in [5.41, 5.74) is 1.65. The number of non-ortho nitro benzene ring substituents is 1. The number of rotatable bonds is 4. The summed E-state index contributed by atoms with van der Waals surface area (Å²) in [7, 11) is 0. The van der Waals surface area contributed by atoms with Crippen LogP contribution in [-0.4, -0.2) is 15.2 Å². The molecule has 6 nitrogen and oxygen atoms in total. The van der Waals surface area contributed by atoms with Gasteiger partial charge in [0.05, 0.1) is 22.1 Å². The molecule has 3 rings (SSSR count). The van der Waals surface area contributed by atoms with E-state index in [1.807, 2.05) is 0 Å². The lowest BCUT2D eigenvalue weighted by molar-refractivity contribution is -0.384. The molecule has 0 amide bonds. The molecule has 0 radical (unpaired) electrons. The summed E-state index contributed by atoms with van der Waals surface area (Å²) in [4.78, 5) is 10.4. The minimum absolute atomic E-state index is 0.0844. The topological polar surface area (TPSA) is 89.4 Å². The van der Waals surface area contributed by atoms with Crippen LogP contribution in [0.25, 0.3) is 22.6 Å². The molecule has 0 aliphatic rings. The molecule has 0 bridgehead atoms. The van der Waals surface area contributed by atoms with Crippen molar-refractivity contribution in [1.82, 2.24) is 5.16 Å². The van der Waals surface area contributed by atoms with E-state index in [9.17, 15) is 15.2 Å². The molecule has 0 unspecified atom stereocenters. The van der Waals surface area contributed by atoms with E-state index in [0.717, 1.165) is 0 Å². The maximum Gasteiger partial charge on any atom is 0.270 e. The maximum atomic E-state index is 10.9. The van der Waals surface area contributed by atoms with Crippen LogP contribution in [0, 0.1) is 10.1 Å². The Morgan fingerprint density at radius 3 is 2.67 bits per heavy atom. The van der Waals surface area contributed by atoms with Gasteiger partial charge in [0.1, 0.15) is 5.69 Å². The SMILES string of the molecule is O=[N+]([O-])c1cccc(-c2onc(-c3ccc(Cl)cc3Cl)c2CO)c1. The molecule has 24 heavy (non-hydrogen) atoms. The number of hydrogen-bond donors (Lipinski definition) is 1. The first kappa shape index (κ1) is 16.4.